The van der Waals surface area contributed by atoms with Gasteiger partial charge in [0.05, 0.1) is 0 Å². The molecule has 0 rings (SSSR count). The summed E-state index contributed by atoms with van der Waals surface area (Å²) in [6.45, 7) is 8.99. The van der Waals surface area contributed by atoms with Crippen molar-refractivity contribution in [2.45, 2.75) is 47.0 Å². The zero-order chi connectivity index (χ0) is 11.2. The monoisotopic (exact) mass is 238 g/mol. The summed E-state index contributed by atoms with van der Waals surface area (Å²) < 4.78 is 0. The summed E-state index contributed by atoms with van der Waals surface area (Å²) in [7, 11) is 0. The molecule has 0 spiro atoms. The van der Waals surface area contributed by atoms with Crippen LogP contribution < -0.4 is 0 Å². The number of alkyl halides is 2. The van der Waals surface area contributed by atoms with Gasteiger partial charge in [-0.05, 0) is 23.7 Å². The Bertz CT molecular complexity index is 139. The van der Waals surface area contributed by atoms with E-state index >= 15 is 0 Å². The lowest BCUT2D eigenvalue weighted by Gasteiger charge is -2.36. The van der Waals surface area contributed by atoms with Crippen LogP contribution in [0.2, 0.25) is 0 Å². The highest BCUT2D eigenvalue weighted by atomic mass is 35.5. The van der Waals surface area contributed by atoms with Crippen molar-refractivity contribution in [3.8, 4) is 0 Å². The zero-order valence-corrected chi connectivity index (χ0v) is 11.5. The maximum absolute atomic E-state index is 6.08. The fraction of sp³-hybridized carbons (Fsp3) is 1.00. The Balaban J connectivity index is 4.34. The summed E-state index contributed by atoms with van der Waals surface area (Å²) in [4.78, 5) is 0. The fourth-order valence-corrected chi connectivity index (χ4v) is 3.10. The van der Waals surface area contributed by atoms with Crippen molar-refractivity contribution in [3.05, 3.63) is 0 Å². The van der Waals surface area contributed by atoms with Crippen LogP contribution in [-0.2, 0) is 0 Å². The Morgan fingerprint density at radius 1 is 1.07 bits per heavy atom. The minimum Gasteiger partial charge on any atom is -0.126 e. The summed E-state index contributed by atoms with van der Waals surface area (Å²) in [5, 5.41) is 0. The molecule has 0 saturated carbocycles. The molecular formula is C12H24Cl2. The number of hydrogen-bond acceptors (Lipinski definition) is 0. The number of hydrogen-bond donors (Lipinski definition) is 0. The second-order valence-corrected chi connectivity index (χ2v) is 5.42. The first-order valence-electron chi connectivity index (χ1n) is 5.64. The lowest BCUT2D eigenvalue weighted by molar-refractivity contribution is 0.197. The predicted octanol–water partition coefficient (Wildman–Crippen LogP) is 4.93. The van der Waals surface area contributed by atoms with Gasteiger partial charge in [0.25, 0.3) is 0 Å². The average Bonchev–Trinajstić information content (AvgIpc) is 2.14. The molecule has 0 aromatic heterocycles. The summed E-state index contributed by atoms with van der Waals surface area (Å²) in [5.41, 5.74) is 0.137. The molecule has 2 heteroatoms. The minimum absolute atomic E-state index is 0.137. The van der Waals surface area contributed by atoms with Crippen LogP contribution in [0.4, 0.5) is 0 Å². The van der Waals surface area contributed by atoms with Crippen LogP contribution >= 0.6 is 23.2 Å². The normalized spacial score (nSPS) is 14.8. The van der Waals surface area contributed by atoms with E-state index in [1.54, 1.807) is 0 Å². The molecule has 1 atom stereocenters. The van der Waals surface area contributed by atoms with Crippen LogP contribution in [0.1, 0.15) is 47.0 Å². The number of halogens is 2. The zero-order valence-electron chi connectivity index (χ0n) is 9.95. The SMILES string of the molecule is CCCC(C)CC(CCl)(CCl)C(C)C. The Labute approximate surface area is 99.4 Å². The first-order valence-corrected chi connectivity index (χ1v) is 6.71. The maximum atomic E-state index is 6.08. The van der Waals surface area contributed by atoms with Crippen LogP contribution in [-0.4, -0.2) is 11.8 Å². The van der Waals surface area contributed by atoms with Gasteiger partial charge in [0.15, 0.2) is 0 Å². The van der Waals surface area contributed by atoms with Crippen molar-refractivity contribution < 1.29 is 0 Å². The summed E-state index contributed by atoms with van der Waals surface area (Å²) in [5.74, 6) is 2.67. The van der Waals surface area contributed by atoms with Gasteiger partial charge in [-0.1, -0.05) is 40.5 Å². The first kappa shape index (κ1) is 14.6. The molecule has 0 saturated heterocycles. The third kappa shape index (κ3) is 3.98. The van der Waals surface area contributed by atoms with E-state index in [9.17, 15) is 0 Å². The Hall–Kier alpha value is 0.580. The van der Waals surface area contributed by atoms with Crippen molar-refractivity contribution in [2.24, 2.45) is 17.3 Å². The molecule has 0 radical (unpaired) electrons. The van der Waals surface area contributed by atoms with Crippen LogP contribution in [0.5, 0.6) is 0 Å². The van der Waals surface area contributed by atoms with E-state index in [2.05, 4.69) is 27.7 Å². The van der Waals surface area contributed by atoms with Gasteiger partial charge in [0.1, 0.15) is 0 Å². The van der Waals surface area contributed by atoms with Gasteiger partial charge in [0.2, 0.25) is 0 Å². The maximum Gasteiger partial charge on any atom is 0.0293 e. The molecular weight excluding hydrogens is 215 g/mol. The molecule has 0 amide bonds. The lowest BCUT2D eigenvalue weighted by Crippen LogP contribution is -2.33. The van der Waals surface area contributed by atoms with Crippen molar-refractivity contribution in [3.63, 3.8) is 0 Å². The van der Waals surface area contributed by atoms with Crippen molar-refractivity contribution in [2.75, 3.05) is 11.8 Å². The summed E-state index contributed by atoms with van der Waals surface area (Å²) in [6.07, 6.45) is 3.69. The molecule has 0 nitrogen and oxygen atoms in total. The molecule has 0 aromatic rings. The van der Waals surface area contributed by atoms with Crippen molar-refractivity contribution in [1.29, 1.82) is 0 Å². The fourth-order valence-electron chi connectivity index (χ4n) is 1.98. The van der Waals surface area contributed by atoms with Crippen LogP contribution in [0.15, 0.2) is 0 Å². The Morgan fingerprint density at radius 2 is 1.57 bits per heavy atom. The second kappa shape index (κ2) is 6.95. The molecule has 0 aromatic carbocycles. The highest BCUT2D eigenvalue weighted by molar-refractivity contribution is 6.21. The quantitative estimate of drug-likeness (QED) is 0.552. The van der Waals surface area contributed by atoms with E-state index in [0.29, 0.717) is 17.7 Å². The second-order valence-electron chi connectivity index (χ2n) is 4.88. The minimum atomic E-state index is 0.137. The molecule has 0 fully saturated rings. The van der Waals surface area contributed by atoms with Gasteiger partial charge in [-0.25, -0.2) is 0 Å². The third-order valence-corrected chi connectivity index (χ3v) is 4.36. The van der Waals surface area contributed by atoms with Gasteiger partial charge < -0.3 is 0 Å². The highest BCUT2D eigenvalue weighted by Crippen LogP contribution is 2.38. The highest BCUT2D eigenvalue weighted by Gasteiger charge is 2.33. The van der Waals surface area contributed by atoms with Crippen LogP contribution in [0.3, 0.4) is 0 Å². The van der Waals surface area contributed by atoms with E-state index in [-0.39, 0.29) is 5.41 Å². The van der Waals surface area contributed by atoms with E-state index in [1.165, 1.54) is 12.8 Å². The molecule has 1 unspecified atom stereocenters. The van der Waals surface area contributed by atoms with Gasteiger partial charge in [-0.3, -0.25) is 0 Å². The van der Waals surface area contributed by atoms with E-state index in [4.69, 9.17) is 23.2 Å². The molecule has 0 bridgehead atoms. The molecule has 0 aliphatic heterocycles. The van der Waals surface area contributed by atoms with Gasteiger partial charge >= 0.3 is 0 Å². The first-order chi connectivity index (χ1) is 6.52. The molecule has 0 aliphatic rings. The van der Waals surface area contributed by atoms with E-state index in [0.717, 1.165) is 12.3 Å². The smallest absolute Gasteiger partial charge is 0.0293 e. The van der Waals surface area contributed by atoms with Crippen LogP contribution in [0, 0.1) is 17.3 Å². The standard InChI is InChI=1S/C12H24Cl2/c1-5-6-11(4)7-12(8-13,9-14)10(2)3/h10-11H,5-9H2,1-4H3. The summed E-state index contributed by atoms with van der Waals surface area (Å²) in [6, 6.07) is 0. The van der Waals surface area contributed by atoms with Crippen molar-refractivity contribution >= 4 is 23.2 Å². The van der Waals surface area contributed by atoms with Gasteiger partial charge in [-0.2, -0.15) is 0 Å². The van der Waals surface area contributed by atoms with E-state index in [1.807, 2.05) is 0 Å². The van der Waals surface area contributed by atoms with Gasteiger partial charge in [0, 0.05) is 11.8 Å². The van der Waals surface area contributed by atoms with Crippen molar-refractivity contribution in [1.82, 2.24) is 0 Å². The third-order valence-electron chi connectivity index (χ3n) is 3.29. The topological polar surface area (TPSA) is 0 Å². The largest absolute Gasteiger partial charge is 0.126 e. The van der Waals surface area contributed by atoms with E-state index < -0.39 is 0 Å². The average molecular weight is 239 g/mol. The molecule has 0 aliphatic carbocycles. The Kier molecular flexibility index (Phi) is 7.24. The van der Waals surface area contributed by atoms with Crippen LogP contribution in [0.25, 0.3) is 0 Å². The Morgan fingerprint density at radius 3 is 1.86 bits per heavy atom. The van der Waals surface area contributed by atoms with Gasteiger partial charge in [-0.15, -0.1) is 23.2 Å². The lowest BCUT2D eigenvalue weighted by atomic mass is 9.73. The predicted molar refractivity (Wildman–Crippen MR) is 67.4 cm³/mol. The molecule has 0 heterocycles. The molecule has 14 heavy (non-hydrogen) atoms. The molecule has 0 N–H and O–H groups in total. The summed E-state index contributed by atoms with van der Waals surface area (Å²) >= 11 is 12.2. The number of rotatable bonds is 7. The molecule has 86 valence electrons.